The summed E-state index contributed by atoms with van der Waals surface area (Å²) in [4.78, 5) is 38.8. The summed E-state index contributed by atoms with van der Waals surface area (Å²) < 4.78 is 16.0. The van der Waals surface area contributed by atoms with E-state index in [2.05, 4.69) is 10.6 Å². The lowest BCUT2D eigenvalue weighted by molar-refractivity contribution is -0.116. The Hall–Kier alpha value is -3.85. The number of carbonyl (C=O) groups is 3. The van der Waals surface area contributed by atoms with E-state index in [0.29, 0.717) is 39.9 Å². The van der Waals surface area contributed by atoms with Crippen LogP contribution >= 0.6 is 11.3 Å². The quantitative estimate of drug-likeness (QED) is 0.239. The minimum absolute atomic E-state index is 0.175. The molecular formula is C28H32N2O6S. The highest BCUT2D eigenvalue weighted by molar-refractivity contribution is 7.18. The number of amides is 2. The van der Waals surface area contributed by atoms with Crippen LogP contribution in [0, 0.1) is 20.8 Å². The molecule has 0 aliphatic rings. The lowest BCUT2D eigenvalue weighted by Gasteiger charge is -2.09. The van der Waals surface area contributed by atoms with Crippen molar-refractivity contribution in [2.75, 3.05) is 31.0 Å². The van der Waals surface area contributed by atoms with Crippen molar-refractivity contribution in [3.63, 3.8) is 0 Å². The second kappa shape index (κ2) is 12.9. The second-order valence-corrected chi connectivity index (χ2v) is 9.45. The van der Waals surface area contributed by atoms with Crippen LogP contribution in [0.25, 0.3) is 0 Å². The van der Waals surface area contributed by atoms with Crippen molar-refractivity contribution < 1.29 is 28.6 Å². The van der Waals surface area contributed by atoms with Gasteiger partial charge in [0.1, 0.15) is 16.5 Å². The third-order valence-electron chi connectivity index (χ3n) is 5.59. The Bertz CT molecular complexity index is 1270. The summed E-state index contributed by atoms with van der Waals surface area (Å²) in [6.45, 7) is 7.80. The molecule has 0 aliphatic carbocycles. The highest BCUT2D eigenvalue weighted by Crippen LogP contribution is 2.35. The number of thiophene rings is 1. The van der Waals surface area contributed by atoms with E-state index in [1.165, 1.54) is 0 Å². The number of esters is 1. The molecule has 196 valence electrons. The number of methoxy groups -OCH3 is 1. The van der Waals surface area contributed by atoms with Crippen LogP contribution in [0.15, 0.2) is 42.5 Å². The van der Waals surface area contributed by atoms with Crippen LogP contribution in [0.4, 0.5) is 10.7 Å². The van der Waals surface area contributed by atoms with Gasteiger partial charge in [-0.15, -0.1) is 11.3 Å². The first-order valence-corrected chi connectivity index (χ1v) is 12.8. The first-order chi connectivity index (χ1) is 17.7. The minimum Gasteiger partial charge on any atom is -0.497 e. The van der Waals surface area contributed by atoms with E-state index in [4.69, 9.17) is 14.2 Å². The summed E-state index contributed by atoms with van der Waals surface area (Å²) in [7, 11) is 1.59. The second-order valence-electron chi connectivity index (χ2n) is 8.43. The molecule has 1 heterocycles. The summed E-state index contributed by atoms with van der Waals surface area (Å²) in [6.07, 6.45) is 0.649. The number of carbonyl (C=O) groups excluding carboxylic acids is 3. The predicted octanol–water partition coefficient (Wildman–Crippen LogP) is 5.91. The molecule has 8 nitrogen and oxygen atoms in total. The Morgan fingerprint density at radius 2 is 1.65 bits per heavy atom. The molecule has 0 saturated carbocycles. The van der Waals surface area contributed by atoms with E-state index in [1.54, 1.807) is 45.2 Å². The van der Waals surface area contributed by atoms with Crippen LogP contribution in [-0.4, -0.2) is 38.1 Å². The van der Waals surface area contributed by atoms with Crippen LogP contribution < -0.4 is 20.1 Å². The molecule has 0 fully saturated rings. The zero-order valence-corrected chi connectivity index (χ0v) is 22.5. The number of ether oxygens (including phenoxy) is 3. The van der Waals surface area contributed by atoms with E-state index in [1.807, 2.05) is 32.0 Å². The number of hydrogen-bond acceptors (Lipinski definition) is 7. The van der Waals surface area contributed by atoms with Crippen molar-refractivity contribution in [3.8, 4) is 11.5 Å². The van der Waals surface area contributed by atoms with Gasteiger partial charge >= 0.3 is 5.97 Å². The molecule has 3 aromatic rings. The fraction of sp³-hybridized carbons (Fsp3) is 0.321. The maximum absolute atomic E-state index is 13.1. The molecule has 0 radical (unpaired) electrons. The molecule has 0 saturated heterocycles. The average molecular weight is 525 g/mol. The van der Waals surface area contributed by atoms with Crippen molar-refractivity contribution in [3.05, 3.63) is 69.6 Å². The molecule has 0 bridgehead atoms. The largest absolute Gasteiger partial charge is 0.497 e. The monoisotopic (exact) mass is 524 g/mol. The maximum Gasteiger partial charge on any atom is 0.341 e. The topological polar surface area (TPSA) is 103 Å². The Kier molecular flexibility index (Phi) is 9.68. The summed E-state index contributed by atoms with van der Waals surface area (Å²) in [5, 5.41) is 5.99. The molecule has 0 spiro atoms. The van der Waals surface area contributed by atoms with Gasteiger partial charge in [-0.2, -0.15) is 0 Å². The van der Waals surface area contributed by atoms with E-state index in [0.717, 1.165) is 28.2 Å². The highest BCUT2D eigenvalue weighted by Gasteiger charge is 2.27. The number of rotatable bonds is 11. The van der Waals surface area contributed by atoms with Crippen LogP contribution in [0.2, 0.25) is 0 Å². The van der Waals surface area contributed by atoms with Gasteiger partial charge in [0.05, 0.1) is 30.8 Å². The van der Waals surface area contributed by atoms with Crippen LogP contribution in [0.1, 0.15) is 56.5 Å². The lowest BCUT2D eigenvalue weighted by Crippen LogP contribution is -2.15. The first kappa shape index (κ1) is 27.7. The van der Waals surface area contributed by atoms with E-state index in [-0.39, 0.29) is 30.4 Å². The molecule has 9 heteroatoms. The summed E-state index contributed by atoms with van der Waals surface area (Å²) >= 11 is 1.06. The average Bonchev–Trinajstić information content (AvgIpc) is 3.19. The minimum atomic E-state index is -0.583. The molecule has 2 N–H and O–H groups in total. The van der Waals surface area contributed by atoms with Crippen LogP contribution in [0.3, 0.4) is 0 Å². The number of nitrogens with one attached hydrogen (secondary N) is 2. The first-order valence-electron chi connectivity index (χ1n) is 12.0. The van der Waals surface area contributed by atoms with Crippen molar-refractivity contribution in [2.24, 2.45) is 0 Å². The zero-order chi connectivity index (χ0) is 26.9. The molecule has 2 amide bonds. The summed E-state index contributed by atoms with van der Waals surface area (Å²) in [5.41, 5.74) is 3.36. The van der Waals surface area contributed by atoms with Gasteiger partial charge in [0, 0.05) is 12.1 Å². The van der Waals surface area contributed by atoms with Crippen LogP contribution in [0.5, 0.6) is 11.5 Å². The van der Waals surface area contributed by atoms with Gasteiger partial charge in [0.25, 0.3) is 5.91 Å². The molecular weight excluding hydrogens is 492 g/mol. The fourth-order valence-corrected chi connectivity index (χ4v) is 4.79. The van der Waals surface area contributed by atoms with E-state index >= 15 is 0 Å². The standard InChI is InChI=1S/C28H32N2O6S/c1-6-35-28(33)24-19(4)25(26(32)29-22-14-9-17(2)16-18(22)3)37-27(24)30-23(31)8-7-15-36-21-12-10-20(34-5)11-13-21/h9-14,16H,6-8,15H2,1-5H3,(H,29,32)(H,30,31). The van der Waals surface area contributed by atoms with Gasteiger partial charge in [-0.3, -0.25) is 9.59 Å². The van der Waals surface area contributed by atoms with Gasteiger partial charge in [-0.25, -0.2) is 4.79 Å². The molecule has 37 heavy (non-hydrogen) atoms. The van der Waals surface area contributed by atoms with Gasteiger partial charge in [0.2, 0.25) is 5.91 Å². The van der Waals surface area contributed by atoms with Gasteiger partial charge in [0.15, 0.2) is 0 Å². The summed E-state index contributed by atoms with van der Waals surface area (Å²) in [6, 6.07) is 12.9. The third-order valence-corrected chi connectivity index (χ3v) is 6.80. The molecule has 1 aromatic heterocycles. The van der Waals surface area contributed by atoms with Crippen molar-refractivity contribution in [2.45, 2.75) is 40.5 Å². The Morgan fingerprint density at radius 3 is 2.30 bits per heavy atom. The van der Waals surface area contributed by atoms with Crippen molar-refractivity contribution in [1.29, 1.82) is 0 Å². The molecule has 0 atom stereocenters. The number of hydrogen-bond donors (Lipinski definition) is 2. The van der Waals surface area contributed by atoms with Gasteiger partial charge < -0.3 is 24.8 Å². The predicted molar refractivity (Wildman–Crippen MR) is 145 cm³/mol. The third kappa shape index (κ3) is 7.33. The Labute approximate surface area is 220 Å². The molecule has 0 unspecified atom stereocenters. The van der Waals surface area contributed by atoms with E-state index in [9.17, 15) is 14.4 Å². The lowest BCUT2D eigenvalue weighted by atomic mass is 10.1. The molecule has 3 rings (SSSR count). The number of anilines is 2. The van der Waals surface area contributed by atoms with Gasteiger partial charge in [-0.1, -0.05) is 17.7 Å². The highest BCUT2D eigenvalue weighted by atomic mass is 32.1. The number of aryl methyl sites for hydroxylation is 2. The molecule has 0 aliphatic heterocycles. The Balaban J connectivity index is 1.68. The summed E-state index contributed by atoms with van der Waals surface area (Å²) in [5.74, 6) is 0.191. The SMILES string of the molecule is CCOC(=O)c1c(NC(=O)CCCOc2ccc(OC)cc2)sc(C(=O)Nc2ccc(C)cc2C)c1C. The normalized spacial score (nSPS) is 10.5. The molecule has 2 aromatic carbocycles. The zero-order valence-electron chi connectivity index (χ0n) is 21.7. The van der Waals surface area contributed by atoms with E-state index < -0.39 is 5.97 Å². The smallest absolute Gasteiger partial charge is 0.341 e. The van der Waals surface area contributed by atoms with Gasteiger partial charge in [-0.05, 0) is 75.6 Å². The Morgan fingerprint density at radius 1 is 0.946 bits per heavy atom. The van der Waals surface area contributed by atoms with Crippen molar-refractivity contribution in [1.82, 2.24) is 0 Å². The van der Waals surface area contributed by atoms with Crippen molar-refractivity contribution >= 4 is 39.8 Å². The number of benzene rings is 2. The fourth-order valence-electron chi connectivity index (χ4n) is 3.68. The van der Waals surface area contributed by atoms with Crippen LogP contribution in [-0.2, 0) is 9.53 Å². The maximum atomic E-state index is 13.1.